The van der Waals surface area contributed by atoms with Crippen molar-refractivity contribution in [2.45, 2.75) is 12.8 Å². The first-order chi connectivity index (χ1) is 10.3. The summed E-state index contributed by atoms with van der Waals surface area (Å²) in [7, 11) is 0. The summed E-state index contributed by atoms with van der Waals surface area (Å²) >= 11 is 0. The third kappa shape index (κ3) is 5.00. The predicted octanol–water partition coefficient (Wildman–Crippen LogP) is 1.56. The Morgan fingerprint density at radius 1 is 1.14 bits per heavy atom. The lowest BCUT2D eigenvalue weighted by molar-refractivity contribution is -0.124. The molecule has 4 heteroatoms. The standard InChI is InChI=1S/C17H21N3O/c18-13-15(12-14-6-2-1-3-7-14)17(21)20-11-9-16-8-4-5-10-19-16/h1-8,10,15H,9,11-13,18H2,(H,20,21). The van der Waals surface area contributed by atoms with E-state index in [9.17, 15) is 4.79 Å². The van der Waals surface area contributed by atoms with E-state index in [1.165, 1.54) is 0 Å². The normalized spacial score (nSPS) is 11.9. The molecule has 1 aromatic heterocycles. The van der Waals surface area contributed by atoms with Crippen molar-refractivity contribution >= 4 is 5.91 Å². The molecular weight excluding hydrogens is 262 g/mol. The lowest BCUT2D eigenvalue weighted by atomic mass is 9.98. The van der Waals surface area contributed by atoms with Crippen molar-refractivity contribution in [3.05, 3.63) is 66.0 Å². The van der Waals surface area contributed by atoms with Crippen LogP contribution in [0.15, 0.2) is 54.7 Å². The zero-order chi connectivity index (χ0) is 14.9. The van der Waals surface area contributed by atoms with E-state index < -0.39 is 0 Å². The first kappa shape index (κ1) is 15.2. The molecule has 4 nitrogen and oxygen atoms in total. The Labute approximate surface area is 125 Å². The van der Waals surface area contributed by atoms with Crippen LogP contribution in [0.25, 0.3) is 0 Å². The summed E-state index contributed by atoms with van der Waals surface area (Å²) in [5.41, 5.74) is 7.84. The van der Waals surface area contributed by atoms with E-state index in [1.807, 2.05) is 48.5 Å². The molecule has 0 aliphatic rings. The minimum absolute atomic E-state index is 0.0114. The Bertz CT molecular complexity index is 542. The van der Waals surface area contributed by atoms with Gasteiger partial charge in [0.1, 0.15) is 0 Å². The number of rotatable bonds is 7. The van der Waals surface area contributed by atoms with Crippen molar-refractivity contribution in [3.8, 4) is 0 Å². The molecule has 1 unspecified atom stereocenters. The minimum atomic E-state index is -0.184. The maximum atomic E-state index is 12.2. The Kier molecular flexibility index (Phi) is 5.91. The van der Waals surface area contributed by atoms with E-state index in [1.54, 1.807) is 6.20 Å². The van der Waals surface area contributed by atoms with Crippen LogP contribution in [0.1, 0.15) is 11.3 Å². The van der Waals surface area contributed by atoms with Crippen LogP contribution in [-0.2, 0) is 17.6 Å². The molecule has 1 atom stereocenters. The van der Waals surface area contributed by atoms with Gasteiger partial charge in [-0.15, -0.1) is 0 Å². The predicted molar refractivity (Wildman–Crippen MR) is 83.6 cm³/mol. The highest BCUT2D eigenvalue weighted by atomic mass is 16.1. The molecule has 1 amide bonds. The van der Waals surface area contributed by atoms with Crippen molar-refractivity contribution in [2.75, 3.05) is 13.1 Å². The fourth-order valence-corrected chi connectivity index (χ4v) is 2.19. The molecule has 3 N–H and O–H groups in total. The van der Waals surface area contributed by atoms with Gasteiger partial charge in [0.2, 0.25) is 5.91 Å². The molecule has 0 aliphatic heterocycles. The quantitative estimate of drug-likeness (QED) is 0.810. The van der Waals surface area contributed by atoms with Gasteiger partial charge in [-0.3, -0.25) is 9.78 Å². The van der Waals surface area contributed by atoms with Crippen molar-refractivity contribution in [1.82, 2.24) is 10.3 Å². The Balaban J connectivity index is 1.80. The number of aromatic nitrogens is 1. The molecule has 2 rings (SSSR count). The highest BCUT2D eigenvalue weighted by Gasteiger charge is 2.16. The van der Waals surface area contributed by atoms with Crippen molar-refractivity contribution in [1.29, 1.82) is 0 Å². The van der Waals surface area contributed by atoms with Crippen molar-refractivity contribution in [2.24, 2.45) is 11.7 Å². The second-order valence-corrected chi connectivity index (χ2v) is 4.98. The second kappa shape index (κ2) is 8.17. The number of hydrogen-bond donors (Lipinski definition) is 2. The van der Waals surface area contributed by atoms with Gasteiger partial charge in [-0.05, 0) is 24.1 Å². The number of benzene rings is 1. The molecule has 0 spiro atoms. The lowest BCUT2D eigenvalue weighted by Gasteiger charge is -2.15. The molecule has 0 saturated carbocycles. The number of amides is 1. The maximum Gasteiger partial charge on any atom is 0.224 e. The van der Waals surface area contributed by atoms with Gasteiger partial charge in [0.25, 0.3) is 0 Å². The Morgan fingerprint density at radius 3 is 2.57 bits per heavy atom. The van der Waals surface area contributed by atoms with Gasteiger partial charge >= 0.3 is 0 Å². The van der Waals surface area contributed by atoms with Crippen LogP contribution in [-0.4, -0.2) is 24.0 Å². The van der Waals surface area contributed by atoms with Gasteiger partial charge < -0.3 is 11.1 Å². The highest BCUT2D eigenvalue weighted by molar-refractivity contribution is 5.79. The van der Waals surface area contributed by atoms with Crippen LogP contribution in [0, 0.1) is 5.92 Å². The topological polar surface area (TPSA) is 68.0 Å². The smallest absolute Gasteiger partial charge is 0.224 e. The molecule has 21 heavy (non-hydrogen) atoms. The fraction of sp³-hybridized carbons (Fsp3) is 0.294. The molecule has 0 bridgehead atoms. The van der Waals surface area contributed by atoms with E-state index in [0.717, 1.165) is 17.7 Å². The van der Waals surface area contributed by atoms with Crippen LogP contribution in [0.3, 0.4) is 0 Å². The van der Waals surface area contributed by atoms with Crippen LogP contribution >= 0.6 is 0 Å². The Morgan fingerprint density at radius 2 is 1.90 bits per heavy atom. The molecule has 110 valence electrons. The average Bonchev–Trinajstić information content (AvgIpc) is 2.54. The van der Waals surface area contributed by atoms with Crippen LogP contribution in [0.4, 0.5) is 0 Å². The van der Waals surface area contributed by atoms with Gasteiger partial charge in [-0.1, -0.05) is 36.4 Å². The summed E-state index contributed by atoms with van der Waals surface area (Å²) in [5.74, 6) is -0.173. The first-order valence-electron chi connectivity index (χ1n) is 7.21. The number of nitrogens with one attached hydrogen (secondary N) is 1. The monoisotopic (exact) mass is 283 g/mol. The molecule has 2 aromatic rings. The average molecular weight is 283 g/mol. The Hall–Kier alpha value is -2.20. The SMILES string of the molecule is NCC(Cc1ccccc1)C(=O)NCCc1ccccn1. The molecule has 0 fully saturated rings. The van der Waals surface area contributed by atoms with Crippen LogP contribution in [0.5, 0.6) is 0 Å². The third-order valence-corrected chi connectivity index (χ3v) is 3.39. The lowest BCUT2D eigenvalue weighted by Crippen LogP contribution is -2.37. The largest absolute Gasteiger partial charge is 0.355 e. The van der Waals surface area contributed by atoms with Crippen LogP contribution < -0.4 is 11.1 Å². The van der Waals surface area contributed by atoms with E-state index in [2.05, 4.69) is 10.3 Å². The van der Waals surface area contributed by atoms with Gasteiger partial charge in [0.05, 0.1) is 5.92 Å². The highest BCUT2D eigenvalue weighted by Crippen LogP contribution is 2.08. The number of pyridine rings is 1. The van der Waals surface area contributed by atoms with Gasteiger partial charge in [-0.25, -0.2) is 0 Å². The van der Waals surface area contributed by atoms with E-state index in [0.29, 0.717) is 19.5 Å². The van der Waals surface area contributed by atoms with Crippen LogP contribution in [0.2, 0.25) is 0 Å². The number of carbonyl (C=O) groups excluding carboxylic acids is 1. The van der Waals surface area contributed by atoms with Gasteiger partial charge in [0.15, 0.2) is 0 Å². The van der Waals surface area contributed by atoms with E-state index >= 15 is 0 Å². The third-order valence-electron chi connectivity index (χ3n) is 3.39. The fourth-order valence-electron chi connectivity index (χ4n) is 2.19. The van der Waals surface area contributed by atoms with E-state index in [4.69, 9.17) is 5.73 Å². The van der Waals surface area contributed by atoms with Crippen molar-refractivity contribution in [3.63, 3.8) is 0 Å². The number of hydrogen-bond acceptors (Lipinski definition) is 3. The minimum Gasteiger partial charge on any atom is -0.355 e. The summed E-state index contributed by atoms with van der Waals surface area (Å²) in [6.45, 7) is 0.936. The molecule has 0 radical (unpaired) electrons. The van der Waals surface area contributed by atoms with E-state index in [-0.39, 0.29) is 11.8 Å². The summed E-state index contributed by atoms with van der Waals surface area (Å²) in [4.78, 5) is 16.4. The second-order valence-electron chi connectivity index (χ2n) is 4.98. The van der Waals surface area contributed by atoms with Gasteiger partial charge in [-0.2, -0.15) is 0 Å². The molecule has 1 heterocycles. The molecular formula is C17H21N3O. The summed E-state index contributed by atoms with van der Waals surface area (Å²) in [5, 5.41) is 2.94. The van der Waals surface area contributed by atoms with Crippen molar-refractivity contribution < 1.29 is 4.79 Å². The number of nitrogens with zero attached hydrogens (tertiary/aromatic N) is 1. The molecule has 0 aliphatic carbocycles. The summed E-state index contributed by atoms with van der Waals surface area (Å²) < 4.78 is 0. The number of nitrogens with two attached hydrogens (primary N) is 1. The summed E-state index contributed by atoms with van der Waals surface area (Å²) in [6, 6.07) is 15.7. The van der Waals surface area contributed by atoms with Gasteiger partial charge in [0, 0.05) is 31.4 Å². The first-order valence-corrected chi connectivity index (χ1v) is 7.21. The zero-order valence-electron chi connectivity index (χ0n) is 12.0. The summed E-state index contributed by atoms with van der Waals surface area (Å²) in [6.07, 6.45) is 3.16. The molecule has 1 aromatic carbocycles. The maximum absolute atomic E-state index is 12.2. The zero-order valence-corrected chi connectivity index (χ0v) is 12.0. The number of carbonyl (C=O) groups is 1. The molecule has 0 saturated heterocycles.